The van der Waals surface area contributed by atoms with E-state index in [0.717, 1.165) is 16.9 Å². The van der Waals surface area contributed by atoms with E-state index >= 15 is 0 Å². The van der Waals surface area contributed by atoms with Crippen molar-refractivity contribution in [2.75, 3.05) is 5.32 Å². The fourth-order valence-electron chi connectivity index (χ4n) is 2.07. The minimum Gasteiger partial charge on any atom is -0.378 e. The Kier molecular flexibility index (Phi) is 3.47. The molecule has 3 rings (SSSR count). The van der Waals surface area contributed by atoms with Crippen LogP contribution in [0.15, 0.2) is 41.4 Å². The summed E-state index contributed by atoms with van der Waals surface area (Å²) in [5, 5.41) is 19.1. The number of rotatable bonds is 4. The number of nitrogens with one attached hydrogen (secondary N) is 1. The number of aryl methyl sites for hydroxylation is 1. The lowest BCUT2D eigenvalue weighted by atomic mass is 10.1. The first-order chi connectivity index (χ1) is 9.74. The average molecular weight is 285 g/mol. The number of hydrogen-bond donors (Lipinski definition) is 1. The molecule has 0 spiro atoms. The fraction of sp³-hybridized carbons (Fsp3) is 0.214. The molecule has 0 amide bonds. The van der Waals surface area contributed by atoms with Gasteiger partial charge in [-0.3, -0.25) is 0 Å². The van der Waals surface area contributed by atoms with Gasteiger partial charge in [-0.05, 0) is 64.4 Å². The lowest BCUT2D eigenvalue weighted by Crippen LogP contribution is -2.07. The number of thiophene rings is 1. The van der Waals surface area contributed by atoms with Crippen LogP contribution in [0.5, 0.6) is 0 Å². The van der Waals surface area contributed by atoms with Crippen molar-refractivity contribution in [3.05, 3.63) is 52.5 Å². The Morgan fingerprint density at radius 1 is 1.30 bits per heavy atom. The zero-order valence-electron chi connectivity index (χ0n) is 11.3. The third kappa shape index (κ3) is 2.55. The summed E-state index contributed by atoms with van der Waals surface area (Å²) in [6.07, 6.45) is 1.61. The zero-order valence-corrected chi connectivity index (χ0v) is 12.1. The molecule has 0 saturated carbocycles. The number of hydrogen-bond acceptors (Lipinski definition) is 5. The van der Waals surface area contributed by atoms with Crippen molar-refractivity contribution in [1.29, 1.82) is 0 Å². The molecule has 1 unspecified atom stereocenters. The Bertz CT molecular complexity index is 676. The van der Waals surface area contributed by atoms with E-state index in [4.69, 9.17) is 0 Å². The summed E-state index contributed by atoms with van der Waals surface area (Å²) in [5.74, 6) is 0. The third-order valence-corrected chi connectivity index (χ3v) is 3.93. The standard InChI is InChI=1S/C14H15N5S/c1-10-3-4-13(7-14(10)19-9-15-17-18-19)16-11(2)12-5-6-20-8-12/h3-9,11,16H,1-2H3. The summed E-state index contributed by atoms with van der Waals surface area (Å²) in [6.45, 7) is 4.20. The maximum absolute atomic E-state index is 3.95. The van der Waals surface area contributed by atoms with E-state index in [0.29, 0.717) is 0 Å². The van der Waals surface area contributed by atoms with Crippen LogP contribution in [0.1, 0.15) is 24.1 Å². The van der Waals surface area contributed by atoms with Gasteiger partial charge in [0.25, 0.3) is 0 Å². The molecule has 0 aliphatic carbocycles. The second-order valence-electron chi connectivity index (χ2n) is 4.68. The predicted octanol–water partition coefficient (Wildman–Crippen LogP) is 3.21. The Morgan fingerprint density at radius 2 is 2.20 bits per heavy atom. The average Bonchev–Trinajstić information content (AvgIpc) is 3.14. The van der Waals surface area contributed by atoms with Gasteiger partial charge in [0, 0.05) is 11.7 Å². The van der Waals surface area contributed by atoms with Crippen LogP contribution >= 0.6 is 11.3 Å². The van der Waals surface area contributed by atoms with Gasteiger partial charge < -0.3 is 5.32 Å². The van der Waals surface area contributed by atoms with Crippen molar-refractivity contribution in [1.82, 2.24) is 20.2 Å². The minimum absolute atomic E-state index is 0.269. The highest BCUT2D eigenvalue weighted by Gasteiger charge is 2.08. The molecule has 6 heteroatoms. The normalized spacial score (nSPS) is 12.3. The van der Waals surface area contributed by atoms with Crippen LogP contribution in [-0.4, -0.2) is 20.2 Å². The number of aromatic nitrogens is 4. The van der Waals surface area contributed by atoms with Gasteiger partial charge in [0.15, 0.2) is 0 Å². The van der Waals surface area contributed by atoms with Crippen LogP contribution in [-0.2, 0) is 0 Å². The molecule has 5 nitrogen and oxygen atoms in total. The SMILES string of the molecule is Cc1ccc(NC(C)c2ccsc2)cc1-n1cnnn1. The van der Waals surface area contributed by atoms with Gasteiger partial charge in [0.05, 0.1) is 5.69 Å². The molecule has 1 N–H and O–H groups in total. The van der Waals surface area contributed by atoms with Gasteiger partial charge in [-0.1, -0.05) is 6.07 Å². The molecule has 0 aliphatic heterocycles. The number of benzene rings is 1. The van der Waals surface area contributed by atoms with E-state index in [-0.39, 0.29) is 6.04 Å². The highest BCUT2D eigenvalue weighted by molar-refractivity contribution is 7.07. The first-order valence-electron chi connectivity index (χ1n) is 6.36. The lowest BCUT2D eigenvalue weighted by Gasteiger charge is -2.15. The van der Waals surface area contributed by atoms with Crippen LogP contribution < -0.4 is 5.32 Å². The summed E-state index contributed by atoms with van der Waals surface area (Å²) in [4.78, 5) is 0. The smallest absolute Gasteiger partial charge is 0.143 e. The lowest BCUT2D eigenvalue weighted by molar-refractivity contribution is 0.785. The van der Waals surface area contributed by atoms with Crippen LogP contribution in [0.4, 0.5) is 5.69 Å². The van der Waals surface area contributed by atoms with Crippen LogP contribution in [0.2, 0.25) is 0 Å². The van der Waals surface area contributed by atoms with Crippen LogP contribution in [0.25, 0.3) is 5.69 Å². The Hall–Kier alpha value is -2.21. The molecule has 20 heavy (non-hydrogen) atoms. The summed E-state index contributed by atoms with van der Waals surface area (Å²) >= 11 is 1.71. The first kappa shape index (κ1) is 12.8. The summed E-state index contributed by atoms with van der Waals surface area (Å²) in [7, 11) is 0. The molecule has 0 saturated heterocycles. The van der Waals surface area contributed by atoms with Gasteiger partial charge in [-0.25, -0.2) is 4.68 Å². The molecule has 2 aromatic heterocycles. The predicted molar refractivity (Wildman–Crippen MR) is 80.2 cm³/mol. The van der Waals surface area contributed by atoms with Gasteiger partial charge >= 0.3 is 0 Å². The highest BCUT2D eigenvalue weighted by Crippen LogP contribution is 2.24. The molecule has 3 aromatic rings. The van der Waals surface area contributed by atoms with Crippen molar-refractivity contribution in [3.63, 3.8) is 0 Å². The van der Waals surface area contributed by atoms with Crippen LogP contribution in [0.3, 0.4) is 0 Å². The topological polar surface area (TPSA) is 55.6 Å². The van der Waals surface area contributed by atoms with Crippen molar-refractivity contribution in [2.24, 2.45) is 0 Å². The molecule has 0 bridgehead atoms. The first-order valence-corrected chi connectivity index (χ1v) is 7.31. The molecule has 2 heterocycles. The van der Waals surface area contributed by atoms with E-state index in [1.54, 1.807) is 22.3 Å². The molecule has 1 aromatic carbocycles. The van der Waals surface area contributed by atoms with E-state index in [1.165, 1.54) is 5.56 Å². The van der Waals surface area contributed by atoms with E-state index in [2.05, 4.69) is 62.8 Å². The Labute approximate surface area is 121 Å². The monoisotopic (exact) mass is 285 g/mol. The quantitative estimate of drug-likeness (QED) is 0.799. The minimum atomic E-state index is 0.269. The largest absolute Gasteiger partial charge is 0.378 e. The van der Waals surface area contributed by atoms with Gasteiger partial charge in [-0.2, -0.15) is 11.3 Å². The second-order valence-corrected chi connectivity index (χ2v) is 5.46. The van der Waals surface area contributed by atoms with E-state index in [1.807, 2.05) is 6.92 Å². The van der Waals surface area contributed by atoms with E-state index < -0.39 is 0 Å². The maximum Gasteiger partial charge on any atom is 0.143 e. The zero-order chi connectivity index (χ0) is 13.9. The van der Waals surface area contributed by atoms with Gasteiger partial charge in [-0.15, -0.1) is 5.10 Å². The number of nitrogens with zero attached hydrogens (tertiary/aromatic N) is 4. The Balaban J connectivity index is 1.86. The molecule has 0 radical (unpaired) electrons. The second kappa shape index (κ2) is 5.42. The molecular weight excluding hydrogens is 270 g/mol. The number of tetrazole rings is 1. The summed E-state index contributed by atoms with van der Waals surface area (Å²) < 4.78 is 1.68. The third-order valence-electron chi connectivity index (χ3n) is 3.23. The summed E-state index contributed by atoms with van der Waals surface area (Å²) in [6, 6.07) is 8.62. The molecule has 1 atom stereocenters. The number of anilines is 1. The maximum atomic E-state index is 3.95. The van der Waals surface area contributed by atoms with Crippen molar-refractivity contribution in [2.45, 2.75) is 19.9 Å². The molecule has 0 aliphatic rings. The van der Waals surface area contributed by atoms with Crippen molar-refractivity contribution in [3.8, 4) is 5.69 Å². The Morgan fingerprint density at radius 3 is 2.90 bits per heavy atom. The fourth-order valence-corrected chi connectivity index (χ4v) is 2.83. The molecule has 102 valence electrons. The van der Waals surface area contributed by atoms with Crippen LogP contribution in [0, 0.1) is 6.92 Å². The van der Waals surface area contributed by atoms with Gasteiger partial charge in [0.1, 0.15) is 6.33 Å². The van der Waals surface area contributed by atoms with Crippen molar-refractivity contribution < 1.29 is 0 Å². The highest BCUT2D eigenvalue weighted by atomic mass is 32.1. The molecular formula is C14H15N5S. The van der Waals surface area contributed by atoms with Gasteiger partial charge in [0.2, 0.25) is 0 Å². The van der Waals surface area contributed by atoms with E-state index in [9.17, 15) is 0 Å². The summed E-state index contributed by atoms with van der Waals surface area (Å²) in [5.41, 5.74) is 4.46. The molecule has 0 fully saturated rings. The van der Waals surface area contributed by atoms with Crippen molar-refractivity contribution >= 4 is 17.0 Å².